The van der Waals surface area contributed by atoms with Crippen molar-refractivity contribution in [2.24, 2.45) is 0 Å². The van der Waals surface area contributed by atoms with Crippen molar-refractivity contribution < 1.29 is 18.4 Å². The highest BCUT2D eigenvalue weighted by Crippen LogP contribution is 2.56. The van der Waals surface area contributed by atoms with E-state index in [1.807, 2.05) is 6.07 Å². The molecule has 0 bridgehead atoms. The van der Waals surface area contributed by atoms with Crippen molar-refractivity contribution in [2.75, 3.05) is 0 Å². The third-order valence-corrected chi connectivity index (χ3v) is 11.6. The largest absolute Gasteiger partial charge is 0.456 e. The molecule has 7 heterocycles. The molecule has 9 aromatic rings. The fourth-order valence-corrected chi connectivity index (χ4v) is 9.96. The van der Waals surface area contributed by atoms with Crippen LogP contribution in [0, 0.1) is 27.7 Å². The molecule has 0 saturated heterocycles. The highest BCUT2D eigenvalue weighted by Gasteiger charge is 2.70. The van der Waals surface area contributed by atoms with Gasteiger partial charge < -0.3 is 9.15 Å². The number of aryl methyl sites for hydroxylation is 2. The molecule has 1 unspecified atom stereocenters. The van der Waals surface area contributed by atoms with Gasteiger partial charge in [-0.05, 0) is 92.1 Å². The van der Waals surface area contributed by atoms with Crippen LogP contribution in [0.5, 0.6) is 11.5 Å². The summed E-state index contributed by atoms with van der Waals surface area (Å²) in [6.45, 7) is 9.07. The molecule has 3 aliphatic heterocycles. The third kappa shape index (κ3) is 2.67. The molecule has 49 heavy (non-hydrogen) atoms. The van der Waals surface area contributed by atoms with Crippen LogP contribution in [0.2, 0.25) is 0 Å². The van der Waals surface area contributed by atoms with Crippen molar-refractivity contribution in [1.82, 2.24) is 9.25 Å². The van der Waals surface area contributed by atoms with E-state index in [0.29, 0.717) is 0 Å². The van der Waals surface area contributed by atoms with Gasteiger partial charge in [-0.15, -0.1) is 4.68 Å². The van der Waals surface area contributed by atoms with Crippen LogP contribution in [-0.2, 0) is 5.66 Å². The Morgan fingerprint density at radius 3 is 2.37 bits per heavy atom. The van der Waals surface area contributed by atoms with Gasteiger partial charge in [0, 0.05) is 34.5 Å². The molecule has 12 rings (SSSR count). The number of furan rings is 1. The number of fused-ring (bicyclic) bond motifs is 10. The minimum absolute atomic E-state index is 0.721. The van der Waals surface area contributed by atoms with E-state index >= 15 is 0 Å². The Morgan fingerprint density at radius 2 is 1.47 bits per heavy atom. The molecule has 6 nitrogen and oxygen atoms in total. The van der Waals surface area contributed by atoms with Crippen LogP contribution in [0.3, 0.4) is 0 Å². The molecular weight excluding hydrogens is 604 g/mol. The zero-order chi connectivity index (χ0) is 32.5. The molecule has 1 spiro atoms. The van der Waals surface area contributed by atoms with E-state index in [1.54, 1.807) is 0 Å². The summed E-state index contributed by atoms with van der Waals surface area (Å²) in [6, 6.07) is 36.9. The monoisotopic (exact) mass is 634 g/mol. The van der Waals surface area contributed by atoms with Crippen molar-refractivity contribution in [3.63, 3.8) is 0 Å². The van der Waals surface area contributed by atoms with Crippen LogP contribution in [0.1, 0.15) is 33.6 Å². The lowest BCUT2D eigenvalue weighted by Gasteiger charge is -2.33. The minimum atomic E-state index is -0.721. The van der Waals surface area contributed by atoms with Gasteiger partial charge in [0.1, 0.15) is 39.4 Å². The average molecular weight is 635 g/mol. The van der Waals surface area contributed by atoms with Crippen LogP contribution in [-0.4, -0.2) is 9.25 Å². The van der Waals surface area contributed by atoms with E-state index in [9.17, 15) is 0 Å². The molecule has 1 atom stereocenters. The van der Waals surface area contributed by atoms with E-state index in [1.165, 1.54) is 72.0 Å². The van der Waals surface area contributed by atoms with Gasteiger partial charge in [-0.25, -0.2) is 0 Å². The fourth-order valence-electron chi connectivity index (χ4n) is 9.96. The second-order valence-electron chi connectivity index (χ2n) is 13.9. The summed E-state index contributed by atoms with van der Waals surface area (Å²) < 4.78 is 23.2. The summed E-state index contributed by atoms with van der Waals surface area (Å²) in [4.78, 5) is 0. The molecule has 0 radical (unpaired) electrons. The summed E-state index contributed by atoms with van der Waals surface area (Å²) in [5.74, 6) is 2.91. The summed E-state index contributed by atoms with van der Waals surface area (Å²) in [6.07, 6.45) is 2.26. The molecule has 0 aliphatic carbocycles. The molecule has 0 amide bonds. The Morgan fingerprint density at radius 1 is 0.673 bits per heavy atom. The molecule has 6 heteroatoms. The first-order valence-electron chi connectivity index (χ1n) is 17.0. The maximum atomic E-state index is 6.89. The highest BCUT2D eigenvalue weighted by molar-refractivity contribution is 6.12. The Balaban J connectivity index is 1.29. The molecule has 0 fully saturated rings. The van der Waals surface area contributed by atoms with Crippen molar-refractivity contribution in [1.29, 1.82) is 0 Å². The Bertz CT molecular complexity index is 3030. The fraction of sp³-hybridized carbons (Fsp3) is 0.116. The maximum Gasteiger partial charge on any atom is 0.397 e. The first-order chi connectivity index (χ1) is 24.0. The summed E-state index contributed by atoms with van der Waals surface area (Å²) in [7, 11) is 0. The number of aromatic nitrogens is 4. The number of hydrogen-bond acceptors (Lipinski definition) is 2. The van der Waals surface area contributed by atoms with Gasteiger partial charge in [-0.3, -0.25) is 0 Å². The topological polar surface area (TPSA) is 40.0 Å². The van der Waals surface area contributed by atoms with E-state index < -0.39 is 5.66 Å². The average Bonchev–Trinajstić information content (AvgIpc) is 3.82. The van der Waals surface area contributed by atoms with Gasteiger partial charge in [-0.1, -0.05) is 47.1 Å². The molecule has 4 aromatic heterocycles. The van der Waals surface area contributed by atoms with Crippen LogP contribution >= 0.6 is 0 Å². The molecule has 232 valence electrons. The quantitative estimate of drug-likeness (QED) is 0.169. The second-order valence-corrected chi connectivity index (χ2v) is 13.9. The first-order valence-corrected chi connectivity index (χ1v) is 17.0. The van der Waals surface area contributed by atoms with Crippen molar-refractivity contribution in [2.45, 2.75) is 33.4 Å². The maximum absolute atomic E-state index is 6.89. The molecule has 3 aliphatic rings. The van der Waals surface area contributed by atoms with Gasteiger partial charge in [0.05, 0.1) is 17.5 Å². The van der Waals surface area contributed by atoms with Crippen LogP contribution in [0.4, 0.5) is 0 Å². The number of para-hydroxylation sites is 2. The lowest BCUT2D eigenvalue weighted by atomic mass is 9.83. The SMILES string of the molecule is Cc1cc2oc3ccccc3c2c(C)c1-c1c(C)n2[n+](c1C)C13c4c(cccc4-2)Oc2ccc4c5ccccc5n(c4c21)-c1cccc[n+]13. The zero-order valence-electron chi connectivity index (χ0n) is 27.5. The highest BCUT2D eigenvalue weighted by atomic mass is 16.5. The van der Waals surface area contributed by atoms with Crippen LogP contribution in [0.15, 0.2) is 114 Å². The number of benzene rings is 5. The Kier molecular flexibility index (Phi) is 4.38. The summed E-state index contributed by atoms with van der Waals surface area (Å²) >= 11 is 0. The summed E-state index contributed by atoms with van der Waals surface area (Å²) in [5.41, 5.74) is 14.4. The number of pyridine rings is 1. The lowest BCUT2D eigenvalue weighted by Crippen LogP contribution is -2.77. The van der Waals surface area contributed by atoms with E-state index in [0.717, 1.165) is 39.6 Å². The second kappa shape index (κ2) is 8.28. The van der Waals surface area contributed by atoms with E-state index in [-0.39, 0.29) is 0 Å². The van der Waals surface area contributed by atoms with Crippen molar-refractivity contribution in [3.8, 4) is 34.1 Å². The van der Waals surface area contributed by atoms with Crippen molar-refractivity contribution in [3.05, 3.63) is 143 Å². The van der Waals surface area contributed by atoms with E-state index in [4.69, 9.17) is 9.15 Å². The number of nitrogens with zero attached hydrogens (tertiary/aromatic N) is 4. The number of hydrogen-bond donors (Lipinski definition) is 0. The van der Waals surface area contributed by atoms with Crippen molar-refractivity contribution >= 4 is 43.7 Å². The number of ether oxygens (including phenoxy) is 1. The Labute approximate surface area is 281 Å². The van der Waals surface area contributed by atoms with Crippen LogP contribution in [0.25, 0.3) is 66.4 Å². The third-order valence-electron chi connectivity index (χ3n) is 11.6. The van der Waals surface area contributed by atoms with E-state index in [2.05, 4.69) is 149 Å². The number of rotatable bonds is 1. The Hall–Kier alpha value is -6.14. The first kappa shape index (κ1) is 25.9. The molecule has 0 N–H and O–H groups in total. The van der Waals surface area contributed by atoms with Gasteiger partial charge >= 0.3 is 5.66 Å². The standard InChI is InChI=1S/C43H30N4O2/c1-23-22-35-38(29-13-6-8-16-32(29)48-35)24(2)37(23)39-25(3)46-31-15-11-17-33-40(31)43(47(46)26(39)4)41-34(49-33)20-19-28-27-12-5-7-14-30(27)45(42(28)41)36-18-9-10-21-44(36)43/h5-22H,1-4H3/q+2. The smallest absolute Gasteiger partial charge is 0.397 e. The van der Waals surface area contributed by atoms with Gasteiger partial charge in [0.25, 0.3) is 5.82 Å². The van der Waals surface area contributed by atoms with Gasteiger partial charge in [0.2, 0.25) is 5.69 Å². The predicted molar refractivity (Wildman–Crippen MR) is 190 cm³/mol. The zero-order valence-corrected chi connectivity index (χ0v) is 27.5. The molecular formula is C43H30N4O2+2. The normalized spacial score (nSPS) is 16.4. The van der Waals surface area contributed by atoms with Gasteiger partial charge in [0.15, 0.2) is 11.1 Å². The van der Waals surface area contributed by atoms with Crippen LogP contribution < -0.4 is 14.0 Å². The molecule has 0 saturated carbocycles. The molecule has 5 aromatic carbocycles. The predicted octanol–water partition coefficient (Wildman–Crippen LogP) is 8.98. The van der Waals surface area contributed by atoms with Gasteiger partial charge in [-0.2, -0.15) is 9.13 Å². The summed E-state index contributed by atoms with van der Waals surface area (Å²) in [5, 5.41) is 4.82. The minimum Gasteiger partial charge on any atom is -0.456 e. The lowest BCUT2D eigenvalue weighted by molar-refractivity contribution is -0.995.